The van der Waals surface area contributed by atoms with E-state index in [0.29, 0.717) is 18.4 Å². The third-order valence-electron chi connectivity index (χ3n) is 3.19. The van der Waals surface area contributed by atoms with Crippen molar-refractivity contribution >= 4 is 0 Å². The fraction of sp³-hybridized carbons (Fsp3) is 1.00. The van der Waals surface area contributed by atoms with E-state index < -0.39 is 0 Å². The van der Waals surface area contributed by atoms with Crippen molar-refractivity contribution in [3.8, 4) is 0 Å². The fourth-order valence-corrected chi connectivity index (χ4v) is 2.26. The number of hydrogen-bond acceptors (Lipinski definition) is 3. The minimum Gasteiger partial charge on any atom is -0.396 e. The number of nitrogens with one attached hydrogen (secondary N) is 1. The van der Waals surface area contributed by atoms with Crippen molar-refractivity contribution in [2.45, 2.75) is 25.7 Å². The molecular formula is C11H23NO2. The van der Waals surface area contributed by atoms with Gasteiger partial charge in [0.2, 0.25) is 0 Å². The van der Waals surface area contributed by atoms with Gasteiger partial charge < -0.3 is 15.2 Å². The minimum atomic E-state index is 0.358. The highest BCUT2D eigenvalue weighted by Crippen LogP contribution is 2.28. The molecule has 1 saturated carbocycles. The molecule has 0 aliphatic heterocycles. The summed E-state index contributed by atoms with van der Waals surface area (Å²) in [5, 5.41) is 12.6. The third kappa shape index (κ3) is 3.95. The van der Waals surface area contributed by atoms with E-state index in [1.807, 2.05) is 0 Å². The monoisotopic (exact) mass is 201 g/mol. The highest BCUT2D eigenvalue weighted by Gasteiger charge is 2.23. The average Bonchev–Trinajstić information content (AvgIpc) is 2.25. The third-order valence-corrected chi connectivity index (χ3v) is 3.19. The molecule has 3 heteroatoms. The van der Waals surface area contributed by atoms with Crippen LogP contribution in [0.5, 0.6) is 0 Å². The van der Waals surface area contributed by atoms with Crippen LogP contribution in [0.2, 0.25) is 0 Å². The predicted octanol–water partition coefficient (Wildman–Crippen LogP) is 1.02. The zero-order chi connectivity index (χ0) is 10.2. The van der Waals surface area contributed by atoms with Crippen LogP contribution in [0.3, 0.4) is 0 Å². The standard InChI is InChI=1S/C11H23NO2/c1-14-7-6-12-8-10-4-2-3-5-11(10)9-13/h10-13H,2-9H2,1H3. The molecular weight excluding hydrogens is 178 g/mol. The number of aliphatic hydroxyl groups is 1. The molecule has 0 aromatic heterocycles. The van der Waals surface area contributed by atoms with Crippen molar-refractivity contribution in [2.24, 2.45) is 11.8 Å². The van der Waals surface area contributed by atoms with Crippen molar-refractivity contribution in [1.82, 2.24) is 5.32 Å². The van der Waals surface area contributed by atoms with Gasteiger partial charge in [-0.3, -0.25) is 0 Å². The smallest absolute Gasteiger partial charge is 0.0587 e. The Labute approximate surface area is 86.8 Å². The first-order chi connectivity index (χ1) is 6.88. The second-order valence-electron chi connectivity index (χ2n) is 4.18. The van der Waals surface area contributed by atoms with E-state index in [-0.39, 0.29) is 0 Å². The predicted molar refractivity (Wildman–Crippen MR) is 57.3 cm³/mol. The van der Waals surface area contributed by atoms with Crippen LogP contribution < -0.4 is 5.32 Å². The van der Waals surface area contributed by atoms with Gasteiger partial charge in [0.1, 0.15) is 0 Å². The van der Waals surface area contributed by atoms with Gasteiger partial charge in [0, 0.05) is 20.3 Å². The highest BCUT2D eigenvalue weighted by atomic mass is 16.5. The van der Waals surface area contributed by atoms with E-state index in [1.54, 1.807) is 7.11 Å². The molecule has 2 unspecified atom stereocenters. The normalized spacial score (nSPS) is 27.9. The van der Waals surface area contributed by atoms with Crippen LogP contribution >= 0.6 is 0 Å². The van der Waals surface area contributed by atoms with Crippen molar-refractivity contribution < 1.29 is 9.84 Å². The molecule has 0 spiro atoms. The Morgan fingerprint density at radius 3 is 2.64 bits per heavy atom. The van der Waals surface area contributed by atoms with Gasteiger partial charge in [-0.1, -0.05) is 12.8 Å². The summed E-state index contributed by atoms with van der Waals surface area (Å²) in [6.45, 7) is 3.09. The Balaban J connectivity index is 2.13. The van der Waals surface area contributed by atoms with Crippen molar-refractivity contribution in [2.75, 3.05) is 33.4 Å². The summed E-state index contributed by atoms with van der Waals surface area (Å²) in [5.41, 5.74) is 0. The molecule has 2 N–H and O–H groups in total. The number of methoxy groups -OCH3 is 1. The van der Waals surface area contributed by atoms with Gasteiger partial charge >= 0.3 is 0 Å². The molecule has 0 heterocycles. The van der Waals surface area contributed by atoms with Gasteiger partial charge in [0.15, 0.2) is 0 Å². The van der Waals surface area contributed by atoms with Crippen LogP contribution in [-0.4, -0.2) is 38.5 Å². The van der Waals surface area contributed by atoms with Gasteiger partial charge in [-0.15, -0.1) is 0 Å². The summed E-state index contributed by atoms with van der Waals surface area (Å²) in [5.74, 6) is 1.20. The highest BCUT2D eigenvalue weighted by molar-refractivity contribution is 4.76. The number of rotatable bonds is 6. The second-order valence-corrected chi connectivity index (χ2v) is 4.18. The Hall–Kier alpha value is -0.120. The molecule has 84 valence electrons. The Morgan fingerprint density at radius 1 is 1.29 bits per heavy atom. The molecule has 3 nitrogen and oxygen atoms in total. The molecule has 1 rings (SSSR count). The van der Waals surface area contributed by atoms with Gasteiger partial charge in [0.05, 0.1) is 6.61 Å². The van der Waals surface area contributed by atoms with Crippen LogP contribution in [0.15, 0.2) is 0 Å². The molecule has 0 saturated heterocycles. The second kappa shape index (κ2) is 7.21. The lowest BCUT2D eigenvalue weighted by molar-refractivity contribution is 0.130. The first-order valence-electron chi connectivity index (χ1n) is 5.69. The zero-order valence-corrected chi connectivity index (χ0v) is 9.17. The number of ether oxygens (including phenoxy) is 1. The molecule has 14 heavy (non-hydrogen) atoms. The van der Waals surface area contributed by atoms with Crippen molar-refractivity contribution in [1.29, 1.82) is 0 Å². The molecule has 0 bridgehead atoms. The quantitative estimate of drug-likeness (QED) is 0.630. The summed E-state index contributed by atoms with van der Waals surface area (Å²) in [6.07, 6.45) is 5.09. The fourth-order valence-electron chi connectivity index (χ4n) is 2.26. The van der Waals surface area contributed by atoms with E-state index in [0.717, 1.165) is 19.7 Å². The lowest BCUT2D eigenvalue weighted by atomic mass is 9.80. The molecule has 0 radical (unpaired) electrons. The van der Waals surface area contributed by atoms with Crippen LogP contribution in [-0.2, 0) is 4.74 Å². The largest absolute Gasteiger partial charge is 0.396 e. The molecule has 1 aliphatic rings. The summed E-state index contributed by atoms with van der Waals surface area (Å²) in [4.78, 5) is 0. The Kier molecular flexibility index (Phi) is 6.15. The summed E-state index contributed by atoms with van der Waals surface area (Å²) < 4.78 is 4.97. The lowest BCUT2D eigenvalue weighted by Crippen LogP contribution is -2.33. The summed E-state index contributed by atoms with van der Waals surface area (Å²) in [6, 6.07) is 0. The summed E-state index contributed by atoms with van der Waals surface area (Å²) >= 11 is 0. The first-order valence-corrected chi connectivity index (χ1v) is 5.69. The topological polar surface area (TPSA) is 41.5 Å². The van der Waals surface area contributed by atoms with Crippen LogP contribution in [0.25, 0.3) is 0 Å². The van der Waals surface area contributed by atoms with Gasteiger partial charge in [-0.25, -0.2) is 0 Å². The van der Waals surface area contributed by atoms with Crippen molar-refractivity contribution in [3.05, 3.63) is 0 Å². The van der Waals surface area contributed by atoms with E-state index >= 15 is 0 Å². The molecule has 2 atom stereocenters. The molecule has 0 aromatic carbocycles. The van der Waals surface area contributed by atoms with Crippen molar-refractivity contribution in [3.63, 3.8) is 0 Å². The maximum absolute atomic E-state index is 9.21. The number of aliphatic hydroxyl groups excluding tert-OH is 1. The van der Waals surface area contributed by atoms with Gasteiger partial charge in [-0.2, -0.15) is 0 Å². The summed E-state index contributed by atoms with van der Waals surface area (Å²) in [7, 11) is 1.72. The van der Waals surface area contributed by atoms with Crippen LogP contribution in [0.4, 0.5) is 0 Å². The van der Waals surface area contributed by atoms with E-state index in [2.05, 4.69) is 5.32 Å². The maximum Gasteiger partial charge on any atom is 0.0587 e. The average molecular weight is 201 g/mol. The first kappa shape index (κ1) is 12.0. The van der Waals surface area contributed by atoms with Crippen LogP contribution in [0, 0.1) is 11.8 Å². The lowest BCUT2D eigenvalue weighted by Gasteiger charge is -2.30. The molecule has 1 aliphatic carbocycles. The maximum atomic E-state index is 9.21. The van der Waals surface area contributed by atoms with Gasteiger partial charge in [-0.05, 0) is 31.2 Å². The minimum absolute atomic E-state index is 0.358. The molecule has 0 amide bonds. The zero-order valence-electron chi connectivity index (χ0n) is 9.17. The molecule has 0 aromatic rings. The Morgan fingerprint density at radius 2 is 2.00 bits per heavy atom. The van der Waals surface area contributed by atoms with Gasteiger partial charge in [0.25, 0.3) is 0 Å². The van der Waals surface area contributed by atoms with E-state index in [1.165, 1.54) is 25.7 Å². The number of hydrogen-bond donors (Lipinski definition) is 2. The Bertz CT molecular complexity index is 141. The molecule has 1 fully saturated rings. The van der Waals surface area contributed by atoms with E-state index in [9.17, 15) is 5.11 Å². The van der Waals surface area contributed by atoms with Crippen LogP contribution in [0.1, 0.15) is 25.7 Å². The van der Waals surface area contributed by atoms with E-state index in [4.69, 9.17) is 4.74 Å². The SMILES string of the molecule is COCCNCC1CCCCC1CO.